The van der Waals surface area contributed by atoms with E-state index in [1.54, 1.807) is 18.7 Å². The molecule has 0 saturated heterocycles. The summed E-state index contributed by atoms with van der Waals surface area (Å²) in [6, 6.07) is 1.66. The highest BCUT2D eigenvalue weighted by atomic mass is 19.4. The van der Waals surface area contributed by atoms with E-state index in [-0.39, 0.29) is 17.7 Å². The molecule has 0 radical (unpaired) electrons. The van der Waals surface area contributed by atoms with Gasteiger partial charge in [-0.3, -0.25) is 0 Å². The molecule has 0 amide bonds. The lowest BCUT2D eigenvalue weighted by Gasteiger charge is -2.17. The van der Waals surface area contributed by atoms with Crippen molar-refractivity contribution in [3.05, 3.63) is 36.4 Å². The van der Waals surface area contributed by atoms with Crippen LogP contribution in [-0.2, 0) is 12.7 Å². The Balaban J connectivity index is 2.15. The number of nitrogens with zero attached hydrogens (tertiary/aromatic N) is 3. The number of hydrogen-bond acceptors (Lipinski definition) is 5. The van der Waals surface area contributed by atoms with Crippen LogP contribution >= 0.6 is 0 Å². The van der Waals surface area contributed by atoms with E-state index in [0.717, 1.165) is 12.1 Å². The molecule has 4 N–H and O–H groups in total. The largest absolute Gasteiger partial charge is 0.416 e. The first-order chi connectivity index (χ1) is 9.88. The smallest absolute Gasteiger partial charge is 0.366 e. The summed E-state index contributed by atoms with van der Waals surface area (Å²) in [5, 5.41) is 2.91. The molecule has 2 aromatic heterocycles. The topological polar surface area (TPSA) is 80.8 Å². The van der Waals surface area contributed by atoms with E-state index in [2.05, 4.69) is 20.7 Å². The first kappa shape index (κ1) is 15.1. The van der Waals surface area contributed by atoms with Gasteiger partial charge in [0, 0.05) is 25.0 Å². The number of pyridine rings is 1. The molecule has 0 aromatic carbocycles. The Morgan fingerprint density at radius 1 is 1.33 bits per heavy atom. The lowest BCUT2D eigenvalue weighted by Crippen LogP contribution is -2.23. The molecule has 2 aromatic rings. The van der Waals surface area contributed by atoms with Crippen LogP contribution in [0, 0.1) is 0 Å². The maximum Gasteiger partial charge on any atom is 0.416 e. The minimum Gasteiger partial charge on any atom is -0.366 e. The molecule has 0 bridgehead atoms. The number of halogens is 3. The van der Waals surface area contributed by atoms with Crippen LogP contribution < -0.4 is 16.6 Å². The number of imidazole rings is 1. The molecular formula is C12H15F3N6. The zero-order valence-corrected chi connectivity index (χ0v) is 11.2. The molecule has 2 heterocycles. The summed E-state index contributed by atoms with van der Waals surface area (Å²) in [5.74, 6) is 5.20. The lowest BCUT2D eigenvalue weighted by atomic mass is 10.2. The van der Waals surface area contributed by atoms with Crippen LogP contribution in [0.1, 0.15) is 12.5 Å². The fourth-order valence-electron chi connectivity index (χ4n) is 1.85. The molecule has 1 unspecified atom stereocenters. The van der Waals surface area contributed by atoms with Crippen LogP contribution in [0.2, 0.25) is 0 Å². The average Bonchev–Trinajstić information content (AvgIpc) is 2.89. The van der Waals surface area contributed by atoms with Crippen molar-refractivity contribution in [1.29, 1.82) is 0 Å². The van der Waals surface area contributed by atoms with Crippen molar-refractivity contribution in [2.24, 2.45) is 5.84 Å². The van der Waals surface area contributed by atoms with Crippen molar-refractivity contribution in [1.82, 2.24) is 14.5 Å². The van der Waals surface area contributed by atoms with E-state index in [9.17, 15) is 13.2 Å². The number of nitrogen functional groups attached to an aromatic ring is 1. The van der Waals surface area contributed by atoms with Crippen molar-refractivity contribution in [3.63, 3.8) is 0 Å². The Hall–Kier alpha value is -2.29. The Morgan fingerprint density at radius 2 is 2.05 bits per heavy atom. The van der Waals surface area contributed by atoms with Crippen molar-refractivity contribution in [3.8, 4) is 0 Å². The van der Waals surface area contributed by atoms with Gasteiger partial charge in [0.1, 0.15) is 11.6 Å². The minimum absolute atomic E-state index is 0.0536. The Labute approximate surface area is 119 Å². The summed E-state index contributed by atoms with van der Waals surface area (Å²) in [6.45, 7) is 2.38. The second kappa shape index (κ2) is 6.00. The molecule has 1 atom stereocenters. The highest BCUT2D eigenvalue weighted by Crippen LogP contribution is 2.32. The zero-order valence-electron chi connectivity index (χ0n) is 11.2. The molecule has 0 aliphatic carbocycles. The maximum atomic E-state index is 12.8. The van der Waals surface area contributed by atoms with Gasteiger partial charge in [0.15, 0.2) is 0 Å². The van der Waals surface area contributed by atoms with Gasteiger partial charge in [-0.25, -0.2) is 15.8 Å². The third-order valence-electron chi connectivity index (χ3n) is 2.74. The highest BCUT2D eigenvalue weighted by Gasteiger charge is 2.31. The molecule has 0 aliphatic heterocycles. The SMILES string of the molecule is CC(Cn1ccnc1)Nc1cc(C(F)(F)F)cc(NN)n1. The second-order valence-corrected chi connectivity index (χ2v) is 4.57. The van der Waals surface area contributed by atoms with Gasteiger partial charge in [-0.2, -0.15) is 13.2 Å². The van der Waals surface area contributed by atoms with Gasteiger partial charge in [-0.05, 0) is 19.1 Å². The first-order valence-corrected chi connectivity index (χ1v) is 6.16. The quantitative estimate of drug-likeness (QED) is 0.582. The van der Waals surface area contributed by atoms with E-state index in [4.69, 9.17) is 5.84 Å². The zero-order chi connectivity index (χ0) is 15.5. The Morgan fingerprint density at radius 3 is 2.62 bits per heavy atom. The van der Waals surface area contributed by atoms with Crippen LogP contribution in [0.4, 0.5) is 24.8 Å². The molecule has 2 rings (SSSR count). The number of nitrogens with two attached hydrogens (primary N) is 1. The van der Waals surface area contributed by atoms with Gasteiger partial charge < -0.3 is 15.3 Å². The van der Waals surface area contributed by atoms with Gasteiger partial charge in [-0.1, -0.05) is 0 Å². The molecule has 21 heavy (non-hydrogen) atoms. The molecule has 114 valence electrons. The van der Waals surface area contributed by atoms with E-state index >= 15 is 0 Å². The van der Waals surface area contributed by atoms with Gasteiger partial charge in [-0.15, -0.1) is 0 Å². The fraction of sp³-hybridized carbons (Fsp3) is 0.333. The number of nitrogens with one attached hydrogen (secondary N) is 2. The standard InChI is InChI=1S/C12H15F3N6/c1-8(6-21-3-2-17-7-21)18-10-4-9(12(13,14)15)5-11(19-10)20-16/h2-5,7-8H,6,16H2,1H3,(H2,18,19,20). The maximum absolute atomic E-state index is 12.8. The molecule has 0 fully saturated rings. The monoisotopic (exact) mass is 300 g/mol. The molecule has 0 spiro atoms. The number of hydrogen-bond donors (Lipinski definition) is 3. The molecule has 9 heteroatoms. The van der Waals surface area contributed by atoms with Crippen LogP contribution in [0.3, 0.4) is 0 Å². The Kier molecular flexibility index (Phi) is 4.32. The third-order valence-corrected chi connectivity index (χ3v) is 2.74. The first-order valence-electron chi connectivity index (χ1n) is 6.16. The third kappa shape index (κ3) is 4.09. The van der Waals surface area contributed by atoms with Crippen LogP contribution in [-0.4, -0.2) is 20.6 Å². The van der Waals surface area contributed by atoms with Crippen LogP contribution in [0.5, 0.6) is 0 Å². The summed E-state index contributed by atoms with van der Waals surface area (Å²) in [4.78, 5) is 7.86. The lowest BCUT2D eigenvalue weighted by molar-refractivity contribution is -0.137. The van der Waals surface area contributed by atoms with E-state index < -0.39 is 11.7 Å². The predicted molar refractivity (Wildman–Crippen MR) is 72.4 cm³/mol. The summed E-state index contributed by atoms with van der Waals surface area (Å²) < 4.78 is 40.2. The summed E-state index contributed by atoms with van der Waals surface area (Å²) in [7, 11) is 0. The van der Waals surface area contributed by atoms with Gasteiger partial charge in [0.25, 0.3) is 0 Å². The van der Waals surface area contributed by atoms with Gasteiger partial charge in [0.05, 0.1) is 11.9 Å². The van der Waals surface area contributed by atoms with E-state index in [0.29, 0.717) is 6.54 Å². The van der Waals surface area contributed by atoms with Crippen molar-refractivity contribution in [2.45, 2.75) is 25.7 Å². The van der Waals surface area contributed by atoms with Crippen LogP contribution in [0.15, 0.2) is 30.9 Å². The average molecular weight is 300 g/mol. The number of hydrazine groups is 1. The van der Waals surface area contributed by atoms with Crippen LogP contribution in [0.25, 0.3) is 0 Å². The normalized spacial score (nSPS) is 13.0. The molecular weight excluding hydrogens is 285 g/mol. The second-order valence-electron chi connectivity index (χ2n) is 4.57. The predicted octanol–water partition coefficient (Wildman–Crippen LogP) is 2.08. The number of anilines is 2. The van der Waals surface area contributed by atoms with Crippen molar-refractivity contribution < 1.29 is 13.2 Å². The van der Waals surface area contributed by atoms with Crippen molar-refractivity contribution >= 4 is 11.6 Å². The number of alkyl halides is 3. The minimum atomic E-state index is -4.46. The number of rotatable bonds is 5. The summed E-state index contributed by atoms with van der Waals surface area (Å²) in [6.07, 6.45) is 0.569. The molecule has 6 nitrogen and oxygen atoms in total. The van der Waals surface area contributed by atoms with Gasteiger partial charge >= 0.3 is 6.18 Å². The Bertz CT molecular complexity index is 581. The summed E-state index contributed by atoms with van der Waals surface area (Å²) in [5.41, 5.74) is 1.32. The highest BCUT2D eigenvalue weighted by molar-refractivity contribution is 5.49. The summed E-state index contributed by atoms with van der Waals surface area (Å²) >= 11 is 0. The molecule has 0 saturated carbocycles. The molecule has 0 aliphatic rings. The van der Waals surface area contributed by atoms with Crippen molar-refractivity contribution in [2.75, 3.05) is 10.7 Å². The van der Waals surface area contributed by atoms with E-state index in [1.165, 1.54) is 0 Å². The van der Waals surface area contributed by atoms with E-state index in [1.807, 2.05) is 11.5 Å². The van der Waals surface area contributed by atoms with Gasteiger partial charge in [0.2, 0.25) is 0 Å². The fourth-order valence-corrected chi connectivity index (χ4v) is 1.85. The number of aromatic nitrogens is 3.